The summed E-state index contributed by atoms with van der Waals surface area (Å²) in [6, 6.07) is 5.77. The summed E-state index contributed by atoms with van der Waals surface area (Å²) in [5.41, 5.74) is 2.74. The lowest BCUT2D eigenvalue weighted by Crippen LogP contribution is -2.13. The quantitative estimate of drug-likeness (QED) is 0.795. The first kappa shape index (κ1) is 13.2. The number of aromatic nitrogens is 5. The van der Waals surface area contributed by atoms with E-state index in [2.05, 4.69) is 32.3 Å². The van der Waals surface area contributed by atoms with E-state index in [0.717, 1.165) is 22.9 Å². The van der Waals surface area contributed by atoms with Crippen molar-refractivity contribution in [3.8, 4) is 5.82 Å². The maximum absolute atomic E-state index is 4.40. The number of aryl methyl sites for hydroxylation is 1. The van der Waals surface area contributed by atoms with E-state index in [1.807, 2.05) is 31.3 Å². The normalized spacial score (nSPS) is 12.1. The standard InChI is InChI=1S/C15H16N6/c1-11-14(17-9-8-16-11)12(2)20-13-5-3-6-18-15(13)21-10-4-7-19-21/h3-10,12,20H,1-2H3. The molecule has 0 aliphatic heterocycles. The summed E-state index contributed by atoms with van der Waals surface area (Å²) in [5, 5.41) is 7.66. The highest BCUT2D eigenvalue weighted by Gasteiger charge is 2.13. The highest BCUT2D eigenvalue weighted by Crippen LogP contribution is 2.23. The van der Waals surface area contributed by atoms with Crippen LogP contribution in [0.15, 0.2) is 49.2 Å². The van der Waals surface area contributed by atoms with E-state index in [-0.39, 0.29) is 6.04 Å². The summed E-state index contributed by atoms with van der Waals surface area (Å²) >= 11 is 0. The van der Waals surface area contributed by atoms with Crippen LogP contribution < -0.4 is 5.32 Å². The molecule has 1 N–H and O–H groups in total. The summed E-state index contributed by atoms with van der Waals surface area (Å²) in [5.74, 6) is 0.760. The molecule has 6 heteroatoms. The number of nitrogens with zero attached hydrogens (tertiary/aromatic N) is 5. The second-order valence-corrected chi connectivity index (χ2v) is 4.72. The Morgan fingerprint density at radius 2 is 1.90 bits per heavy atom. The molecule has 0 spiro atoms. The second kappa shape index (κ2) is 5.70. The van der Waals surface area contributed by atoms with Crippen molar-refractivity contribution in [1.29, 1.82) is 0 Å². The summed E-state index contributed by atoms with van der Waals surface area (Å²) in [4.78, 5) is 13.1. The van der Waals surface area contributed by atoms with Crippen molar-refractivity contribution in [3.05, 3.63) is 60.6 Å². The van der Waals surface area contributed by atoms with Crippen LogP contribution in [-0.4, -0.2) is 24.7 Å². The molecule has 0 saturated heterocycles. The van der Waals surface area contributed by atoms with Crippen LogP contribution in [0.4, 0.5) is 5.69 Å². The molecule has 0 radical (unpaired) electrons. The van der Waals surface area contributed by atoms with Crippen LogP contribution in [0.1, 0.15) is 24.4 Å². The summed E-state index contributed by atoms with van der Waals surface area (Å²) in [6.45, 7) is 4.01. The third-order valence-electron chi connectivity index (χ3n) is 3.21. The molecule has 6 nitrogen and oxygen atoms in total. The largest absolute Gasteiger partial charge is 0.374 e. The number of anilines is 1. The fourth-order valence-corrected chi connectivity index (χ4v) is 2.23. The van der Waals surface area contributed by atoms with Gasteiger partial charge in [0.15, 0.2) is 5.82 Å². The van der Waals surface area contributed by atoms with Gasteiger partial charge in [-0.25, -0.2) is 9.67 Å². The van der Waals surface area contributed by atoms with Gasteiger partial charge in [0, 0.05) is 31.0 Å². The Labute approximate surface area is 122 Å². The Morgan fingerprint density at radius 1 is 1.05 bits per heavy atom. The Kier molecular flexibility index (Phi) is 3.59. The molecule has 21 heavy (non-hydrogen) atoms. The van der Waals surface area contributed by atoms with E-state index in [1.165, 1.54) is 0 Å². The third-order valence-corrected chi connectivity index (χ3v) is 3.21. The number of hydrogen-bond acceptors (Lipinski definition) is 5. The topological polar surface area (TPSA) is 68.5 Å². The Hall–Kier alpha value is -2.76. The van der Waals surface area contributed by atoms with Gasteiger partial charge in [0.2, 0.25) is 0 Å². The molecule has 3 rings (SSSR count). The lowest BCUT2D eigenvalue weighted by Gasteiger charge is -2.17. The van der Waals surface area contributed by atoms with Crippen molar-refractivity contribution in [2.24, 2.45) is 0 Å². The Balaban J connectivity index is 1.91. The van der Waals surface area contributed by atoms with Gasteiger partial charge in [-0.1, -0.05) is 0 Å². The molecule has 0 saturated carbocycles. The molecule has 3 aromatic rings. The van der Waals surface area contributed by atoms with Crippen LogP contribution in [0, 0.1) is 6.92 Å². The van der Waals surface area contributed by atoms with Crippen molar-refractivity contribution >= 4 is 5.69 Å². The van der Waals surface area contributed by atoms with E-state index < -0.39 is 0 Å². The van der Waals surface area contributed by atoms with Crippen LogP contribution in [0.2, 0.25) is 0 Å². The lowest BCUT2D eigenvalue weighted by atomic mass is 10.2. The summed E-state index contributed by atoms with van der Waals surface area (Å²) in [6.07, 6.45) is 8.75. The average molecular weight is 280 g/mol. The van der Waals surface area contributed by atoms with Crippen LogP contribution in [0.3, 0.4) is 0 Å². The van der Waals surface area contributed by atoms with Gasteiger partial charge in [-0.15, -0.1) is 0 Å². The minimum atomic E-state index is 0.0252. The highest BCUT2D eigenvalue weighted by atomic mass is 15.3. The van der Waals surface area contributed by atoms with Crippen molar-refractivity contribution in [3.63, 3.8) is 0 Å². The molecular weight excluding hydrogens is 264 g/mol. The molecule has 0 bridgehead atoms. The third kappa shape index (κ3) is 2.74. The molecule has 1 atom stereocenters. The lowest BCUT2D eigenvalue weighted by molar-refractivity contribution is 0.795. The van der Waals surface area contributed by atoms with E-state index in [9.17, 15) is 0 Å². The number of hydrogen-bond donors (Lipinski definition) is 1. The van der Waals surface area contributed by atoms with Crippen LogP contribution in [0.25, 0.3) is 5.82 Å². The SMILES string of the molecule is Cc1nccnc1C(C)Nc1cccnc1-n1cccn1. The zero-order chi connectivity index (χ0) is 14.7. The zero-order valence-electron chi connectivity index (χ0n) is 11.9. The maximum Gasteiger partial charge on any atom is 0.176 e. The monoisotopic (exact) mass is 280 g/mol. The fourth-order valence-electron chi connectivity index (χ4n) is 2.23. The van der Waals surface area contributed by atoms with Crippen LogP contribution in [0.5, 0.6) is 0 Å². The van der Waals surface area contributed by atoms with Gasteiger partial charge >= 0.3 is 0 Å². The smallest absolute Gasteiger partial charge is 0.176 e. The first-order valence-electron chi connectivity index (χ1n) is 6.75. The van der Waals surface area contributed by atoms with Gasteiger partial charge in [-0.05, 0) is 32.0 Å². The average Bonchev–Trinajstić information content (AvgIpc) is 3.02. The molecule has 3 heterocycles. The van der Waals surface area contributed by atoms with Crippen molar-refractivity contribution in [2.45, 2.75) is 19.9 Å². The number of rotatable bonds is 4. The van der Waals surface area contributed by atoms with Crippen molar-refractivity contribution in [1.82, 2.24) is 24.7 Å². The molecule has 1 unspecified atom stereocenters. The highest BCUT2D eigenvalue weighted by molar-refractivity contribution is 5.57. The molecule has 0 aliphatic carbocycles. The molecule has 0 aliphatic rings. The van der Waals surface area contributed by atoms with Gasteiger partial charge in [-0.3, -0.25) is 9.97 Å². The zero-order valence-corrected chi connectivity index (χ0v) is 11.9. The number of pyridine rings is 1. The van der Waals surface area contributed by atoms with Crippen molar-refractivity contribution in [2.75, 3.05) is 5.32 Å². The van der Waals surface area contributed by atoms with E-state index in [4.69, 9.17) is 0 Å². The molecule has 0 fully saturated rings. The van der Waals surface area contributed by atoms with E-state index >= 15 is 0 Å². The predicted octanol–water partition coefficient (Wildman–Crippen LogP) is 2.54. The molecule has 106 valence electrons. The first-order chi connectivity index (χ1) is 10.3. The van der Waals surface area contributed by atoms with Gasteiger partial charge in [0.05, 0.1) is 23.1 Å². The Morgan fingerprint density at radius 3 is 2.67 bits per heavy atom. The fraction of sp³-hybridized carbons (Fsp3) is 0.200. The van der Waals surface area contributed by atoms with Crippen molar-refractivity contribution < 1.29 is 0 Å². The molecule has 0 amide bonds. The molecule has 0 aromatic carbocycles. The van der Waals surface area contributed by atoms with Crippen LogP contribution in [-0.2, 0) is 0 Å². The molecule has 3 aromatic heterocycles. The maximum atomic E-state index is 4.40. The van der Waals surface area contributed by atoms with Gasteiger partial charge in [-0.2, -0.15) is 5.10 Å². The molecular formula is C15H16N6. The van der Waals surface area contributed by atoms with E-state index in [0.29, 0.717) is 0 Å². The Bertz CT molecular complexity index is 723. The van der Waals surface area contributed by atoms with Gasteiger partial charge in [0.1, 0.15) is 0 Å². The second-order valence-electron chi connectivity index (χ2n) is 4.72. The number of nitrogens with one attached hydrogen (secondary N) is 1. The van der Waals surface area contributed by atoms with Gasteiger partial charge in [0.25, 0.3) is 0 Å². The predicted molar refractivity (Wildman–Crippen MR) is 80.2 cm³/mol. The van der Waals surface area contributed by atoms with Gasteiger partial charge < -0.3 is 5.32 Å². The van der Waals surface area contributed by atoms with E-state index in [1.54, 1.807) is 29.5 Å². The summed E-state index contributed by atoms with van der Waals surface area (Å²) < 4.78 is 1.73. The minimum Gasteiger partial charge on any atom is -0.374 e. The summed E-state index contributed by atoms with van der Waals surface area (Å²) in [7, 11) is 0. The van der Waals surface area contributed by atoms with Crippen LogP contribution >= 0.6 is 0 Å². The first-order valence-corrected chi connectivity index (χ1v) is 6.75. The minimum absolute atomic E-state index is 0.0252.